The first-order chi connectivity index (χ1) is 14.8. The van der Waals surface area contributed by atoms with E-state index < -0.39 is 5.92 Å². The van der Waals surface area contributed by atoms with Crippen LogP contribution in [-0.4, -0.2) is 17.9 Å². The lowest BCUT2D eigenvalue weighted by Gasteiger charge is -2.37. The van der Waals surface area contributed by atoms with Crippen LogP contribution in [0, 0.1) is 0 Å². The Morgan fingerprint density at radius 3 is 2.35 bits per heavy atom. The number of ether oxygens (including phenoxy) is 1. The highest BCUT2D eigenvalue weighted by molar-refractivity contribution is 9.10. The van der Waals surface area contributed by atoms with Gasteiger partial charge in [0, 0.05) is 33.8 Å². The van der Waals surface area contributed by atoms with Gasteiger partial charge in [0.2, 0.25) is 0 Å². The van der Waals surface area contributed by atoms with E-state index in [1.807, 2.05) is 63.2 Å². The van der Waals surface area contributed by atoms with E-state index in [-0.39, 0.29) is 23.8 Å². The number of halogens is 1. The van der Waals surface area contributed by atoms with Crippen LogP contribution in [0.3, 0.4) is 0 Å². The standard InChI is InChI=1S/C26H26BrNO3/c1-15(2)31-26(30)23-16(3)28-21-13-19(17-7-5-4-6-8-17)14-22(29)25(21)24(23)18-9-11-20(27)12-10-18/h4-12,15,19,24,28H,13-14H2,1-3H3/t19-,24+/m1/s1. The normalized spacial score (nSPS) is 21.1. The van der Waals surface area contributed by atoms with Crippen LogP contribution < -0.4 is 5.32 Å². The number of nitrogens with one attached hydrogen (secondary N) is 1. The third-order valence-electron chi connectivity index (χ3n) is 5.86. The lowest BCUT2D eigenvalue weighted by Crippen LogP contribution is -2.36. The highest BCUT2D eigenvalue weighted by atomic mass is 79.9. The highest BCUT2D eigenvalue weighted by Gasteiger charge is 2.41. The first-order valence-corrected chi connectivity index (χ1v) is 11.4. The van der Waals surface area contributed by atoms with E-state index in [2.05, 4.69) is 33.4 Å². The monoisotopic (exact) mass is 479 g/mol. The fourth-order valence-corrected chi connectivity index (χ4v) is 4.80. The number of benzene rings is 2. The molecule has 160 valence electrons. The fourth-order valence-electron chi connectivity index (χ4n) is 4.54. The van der Waals surface area contributed by atoms with Gasteiger partial charge in [0.1, 0.15) is 0 Å². The Labute approximate surface area is 191 Å². The van der Waals surface area contributed by atoms with Crippen molar-refractivity contribution in [2.75, 3.05) is 0 Å². The van der Waals surface area contributed by atoms with E-state index in [1.165, 1.54) is 0 Å². The van der Waals surface area contributed by atoms with E-state index in [4.69, 9.17) is 4.74 Å². The third-order valence-corrected chi connectivity index (χ3v) is 6.39. The molecule has 0 saturated heterocycles. The van der Waals surface area contributed by atoms with Crippen LogP contribution in [0.2, 0.25) is 0 Å². The van der Waals surface area contributed by atoms with Gasteiger partial charge >= 0.3 is 5.97 Å². The maximum Gasteiger partial charge on any atom is 0.337 e. The Morgan fingerprint density at radius 1 is 1.03 bits per heavy atom. The molecule has 0 saturated carbocycles. The Bertz CT molecular complexity index is 1070. The molecule has 2 atom stereocenters. The van der Waals surface area contributed by atoms with Crippen LogP contribution in [0.5, 0.6) is 0 Å². The molecular weight excluding hydrogens is 454 g/mol. The summed E-state index contributed by atoms with van der Waals surface area (Å²) in [5, 5.41) is 3.39. The molecular formula is C26H26BrNO3. The molecule has 0 radical (unpaired) electrons. The Morgan fingerprint density at radius 2 is 1.71 bits per heavy atom. The molecule has 1 aliphatic carbocycles. The highest BCUT2D eigenvalue weighted by Crippen LogP contribution is 2.45. The molecule has 1 N–H and O–H groups in total. The summed E-state index contributed by atoms with van der Waals surface area (Å²) in [6, 6.07) is 18.0. The lowest BCUT2D eigenvalue weighted by molar-refractivity contribution is -0.143. The number of hydrogen-bond acceptors (Lipinski definition) is 4. The molecule has 31 heavy (non-hydrogen) atoms. The number of ketones is 1. The summed E-state index contributed by atoms with van der Waals surface area (Å²) in [7, 11) is 0. The molecule has 4 nitrogen and oxygen atoms in total. The molecule has 0 fully saturated rings. The molecule has 4 rings (SSSR count). The summed E-state index contributed by atoms with van der Waals surface area (Å²) >= 11 is 3.48. The summed E-state index contributed by atoms with van der Waals surface area (Å²) in [6.07, 6.45) is 0.934. The molecule has 2 aliphatic rings. The van der Waals surface area contributed by atoms with Crippen molar-refractivity contribution in [3.8, 4) is 0 Å². The average Bonchev–Trinajstić information content (AvgIpc) is 2.73. The van der Waals surface area contributed by atoms with Crippen molar-refractivity contribution in [2.45, 2.75) is 51.6 Å². The Balaban J connectivity index is 1.79. The first kappa shape index (κ1) is 21.6. The molecule has 0 aromatic heterocycles. The molecule has 0 amide bonds. The van der Waals surface area contributed by atoms with Crippen LogP contribution in [-0.2, 0) is 14.3 Å². The quantitative estimate of drug-likeness (QED) is 0.566. The fraction of sp³-hybridized carbons (Fsp3) is 0.308. The van der Waals surface area contributed by atoms with Gasteiger partial charge in [-0.1, -0.05) is 58.4 Å². The largest absolute Gasteiger partial charge is 0.460 e. The molecule has 1 heterocycles. The first-order valence-electron chi connectivity index (χ1n) is 10.6. The number of dihydropyridines is 1. The van der Waals surface area contributed by atoms with Gasteiger partial charge in [-0.3, -0.25) is 4.79 Å². The minimum absolute atomic E-state index is 0.0814. The number of esters is 1. The van der Waals surface area contributed by atoms with Gasteiger partial charge in [0.05, 0.1) is 11.7 Å². The minimum atomic E-state index is -0.431. The second-order valence-corrected chi connectivity index (χ2v) is 9.35. The molecule has 2 aromatic rings. The number of rotatable bonds is 4. The summed E-state index contributed by atoms with van der Waals surface area (Å²) in [4.78, 5) is 26.6. The Kier molecular flexibility index (Phi) is 6.15. The van der Waals surface area contributed by atoms with Crippen molar-refractivity contribution in [1.82, 2.24) is 5.32 Å². The van der Waals surface area contributed by atoms with Gasteiger partial charge in [-0.25, -0.2) is 4.79 Å². The predicted octanol–water partition coefficient (Wildman–Crippen LogP) is 5.76. The minimum Gasteiger partial charge on any atom is -0.460 e. The van der Waals surface area contributed by atoms with E-state index in [0.717, 1.165) is 33.4 Å². The van der Waals surface area contributed by atoms with Crippen LogP contribution in [0.15, 0.2) is 81.6 Å². The zero-order valence-corrected chi connectivity index (χ0v) is 19.5. The maximum absolute atomic E-state index is 13.5. The average molecular weight is 480 g/mol. The zero-order chi connectivity index (χ0) is 22.1. The van der Waals surface area contributed by atoms with Gasteiger partial charge in [0.15, 0.2) is 5.78 Å². The topological polar surface area (TPSA) is 55.4 Å². The second-order valence-electron chi connectivity index (χ2n) is 8.43. The van der Waals surface area contributed by atoms with Crippen molar-refractivity contribution in [2.24, 2.45) is 0 Å². The Hall–Kier alpha value is -2.66. The van der Waals surface area contributed by atoms with E-state index in [9.17, 15) is 9.59 Å². The summed E-state index contributed by atoms with van der Waals surface area (Å²) in [6.45, 7) is 5.56. The van der Waals surface area contributed by atoms with Crippen molar-refractivity contribution in [3.63, 3.8) is 0 Å². The summed E-state index contributed by atoms with van der Waals surface area (Å²) < 4.78 is 6.51. The number of allylic oxidation sites excluding steroid dienone is 3. The van der Waals surface area contributed by atoms with Gasteiger partial charge in [-0.05, 0) is 56.4 Å². The van der Waals surface area contributed by atoms with Gasteiger partial charge in [-0.2, -0.15) is 0 Å². The summed E-state index contributed by atoms with van der Waals surface area (Å²) in [5.41, 5.74) is 4.95. The molecule has 0 spiro atoms. The smallest absolute Gasteiger partial charge is 0.337 e. The van der Waals surface area contributed by atoms with Crippen LogP contribution >= 0.6 is 15.9 Å². The van der Waals surface area contributed by atoms with E-state index in [1.54, 1.807) is 0 Å². The van der Waals surface area contributed by atoms with Crippen molar-refractivity contribution in [3.05, 3.63) is 92.7 Å². The maximum atomic E-state index is 13.5. The van der Waals surface area contributed by atoms with Gasteiger partial charge in [-0.15, -0.1) is 0 Å². The number of hydrogen-bond donors (Lipinski definition) is 1. The SMILES string of the molecule is CC1=C(C(=O)OC(C)C)[C@H](c2ccc(Br)cc2)C2=C(C[C@@H](c3ccccc3)CC2=O)N1. The van der Waals surface area contributed by atoms with Gasteiger partial charge in [0.25, 0.3) is 0 Å². The van der Waals surface area contributed by atoms with Crippen LogP contribution in [0.4, 0.5) is 0 Å². The lowest BCUT2D eigenvalue weighted by atomic mass is 9.72. The van der Waals surface area contributed by atoms with Crippen molar-refractivity contribution in [1.29, 1.82) is 0 Å². The molecule has 1 aliphatic heterocycles. The number of carbonyl (C=O) groups excluding carboxylic acids is 2. The van der Waals surface area contributed by atoms with E-state index in [0.29, 0.717) is 17.6 Å². The second kappa shape index (κ2) is 8.83. The summed E-state index contributed by atoms with van der Waals surface area (Å²) in [5.74, 6) is -0.599. The molecule has 5 heteroatoms. The predicted molar refractivity (Wildman–Crippen MR) is 124 cm³/mol. The molecule has 2 aromatic carbocycles. The van der Waals surface area contributed by atoms with Gasteiger partial charge < -0.3 is 10.1 Å². The van der Waals surface area contributed by atoms with E-state index >= 15 is 0 Å². The van der Waals surface area contributed by atoms with Crippen molar-refractivity contribution < 1.29 is 14.3 Å². The number of Topliss-reactive ketones (excluding diaryl/α,β-unsaturated/α-hetero) is 1. The molecule has 0 unspecified atom stereocenters. The zero-order valence-electron chi connectivity index (χ0n) is 17.9. The third kappa shape index (κ3) is 4.38. The van der Waals surface area contributed by atoms with Crippen molar-refractivity contribution >= 4 is 27.7 Å². The molecule has 0 bridgehead atoms. The number of carbonyl (C=O) groups is 2. The van der Waals surface area contributed by atoms with Crippen LogP contribution in [0.1, 0.15) is 56.6 Å². The van der Waals surface area contributed by atoms with Crippen LogP contribution in [0.25, 0.3) is 0 Å².